The Morgan fingerprint density at radius 3 is 1.46 bits per heavy atom. The van der Waals surface area contributed by atoms with Crippen LogP contribution in [0.3, 0.4) is 0 Å². The molecule has 6 aromatic rings. The average Bonchev–Trinajstić information content (AvgIpc) is 3.44. The van der Waals surface area contributed by atoms with Crippen molar-refractivity contribution in [3.8, 4) is 22.3 Å². The Morgan fingerprint density at radius 1 is 0.439 bits per heavy atom. The second-order valence-electron chi connectivity index (χ2n) is 10.6. The van der Waals surface area contributed by atoms with E-state index in [4.69, 9.17) is 0 Å². The van der Waals surface area contributed by atoms with Crippen molar-refractivity contribution >= 4 is 32.9 Å². The molecule has 0 bridgehead atoms. The quantitative estimate of drug-likeness (QED) is 0.231. The maximum absolute atomic E-state index is 3.77. The smallest absolute Gasteiger partial charge is 0.123 e. The number of hydrogen-bond donors (Lipinski definition) is 1. The fourth-order valence-corrected chi connectivity index (χ4v) is 6.44. The van der Waals surface area contributed by atoms with E-state index in [-0.39, 0.29) is 6.17 Å². The minimum atomic E-state index is 0.114. The highest BCUT2D eigenvalue weighted by atomic mass is 15.3. The molecule has 6 aromatic carbocycles. The van der Waals surface area contributed by atoms with E-state index in [9.17, 15) is 0 Å². The summed E-state index contributed by atoms with van der Waals surface area (Å²) in [5.74, 6) is 0. The van der Waals surface area contributed by atoms with Crippen molar-refractivity contribution in [2.24, 2.45) is 0 Å². The zero-order valence-electron chi connectivity index (χ0n) is 22.5. The third-order valence-corrected chi connectivity index (χ3v) is 8.24. The Balaban J connectivity index is 1.31. The molecular weight excluding hydrogens is 496 g/mol. The molecular formula is C39H28N2. The van der Waals surface area contributed by atoms with Gasteiger partial charge in [0.2, 0.25) is 0 Å². The fraction of sp³-hybridized carbons (Fsp3) is 0.0256. The minimum absolute atomic E-state index is 0.114. The minimum Gasteiger partial charge on any atom is -0.359 e. The second kappa shape index (κ2) is 9.69. The maximum Gasteiger partial charge on any atom is 0.123 e. The highest BCUT2D eigenvalue weighted by Crippen LogP contribution is 2.44. The van der Waals surface area contributed by atoms with Gasteiger partial charge in [0.25, 0.3) is 0 Å². The molecule has 0 fully saturated rings. The van der Waals surface area contributed by atoms with Crippen molar-refractivity contribution < 1.29 is 0 Å². The lowest BCUT2D eigenvalue weighted by Crippen LogP contribution is -2.32. The van der Waals surface area contributed by atoms with Crippen LogP contribution in [0.4, 0.5) is 0 Å². The third-order valence-electron chi connectivity index (χ3n) is 8.24. The van der Waals surface area contributed by atoms with Gasteiger partial charge >= 0.3 is 0 Å². The molecule has 2 heterocycles. The molecule has 0 amide bonds. The van der Waals surface area contributed by atoms with Gasteiger partial charge in [-0.2, -0.15) is 0 Å². The zero-order chi connectivity index (χ0) is 27.2. The predicted octanol–water partition coefficient (Wildman–Crippen LogP) is 9.47. The van der Waals surface area contributed by atoms with Crippen LogP contribution >= 0.6 is 0 Å². The van der Waals surface area contributed by atoms with Crippen molar-refractivity contribution in [2.75, 3.05) is 0 Å². The van der Waals surface area contributed by atoms with E-state index in [1.165, 1.54) is 60.6 Å². The van der Waals surface area contributed by atoms with Crippen LogP contribution in [0.25, 0.3) is 55.2 Å². The first-order chi connectivity index (χ1) is 20.4. The first kappa shape index (κ1) is 23.5. The van der Waals surface area contributed by atoms with Gasteiger partial charge in [-0.25, -0.2) is 0 Å². The van der Waals surface area contributed by atoms with Gasteiger partial charge < -0.3 is 10.2 Å². The van der Waals surface area contributed by atoms with Crippen LogP contribution in [0, 0.1) is 0 Å². The summed E-state index contributed by atoms with van der Waals surface area (Å²) in [5.41, 5.74) is 9.77. The summed E-state index contributed by atoms with van der Waals surface area (Å²) < 4.78 is 0. The number of allylic oxidation sites excluding steroid dienone is 2. The van der Waals surface area contributed by atoms with Crippen molar-refractivity contribution in [3.05, 3.63) is 169 Å². The van der Waals surface area contributed by atoms with E-state index in [0.29, 0.717) is 0 Å². The second-order valence-corrected chi connectivity index (χ2v) is 10.6. The third kappa shape index (κ3) is 3.88. The lowest BCUT2D eigenvalue weighted by atomic mass is 9.86. The van der Waals surface area contributed by atoms with Gasteiger partial charge in [0.15, 0.2) is 0 Å². The predicted molar refractivity (Wildman–Crippen MR) is 173 cm³/mol. The zero-order valence-corrected chi connectivity index (χ0v) is 22.5. The van der Waals surface area contributed by atoms with Crippen molar-refractivity contribution in [1.82, 2.24) is 10.2 Å². The molecule has 0 aromatic heterocycles. The molecule has 1 N–H and O–H groups in total. The topological polar surface area (TPSA) is 15.3 Å². The fourth-order valence-electron chi connectivity index (χ4n) is 6.44. The lowest BCUT2D eigenvalue weighted by Gasteiger charge is -2.25. The van der Waals surface area contributed by atoms with Crippen LogP contribution in [-0.4, -0.2) is 11.1 Å². The van der Waals surface area contributed by atoms with Crippen LogP contribution in [0.1, 0.15) is 11.1 Å². The Hall–Kier alpha value is -5.34. The Morgan fingerprint density at radius 2 is 0.902 bits per heavy atom. The van der Waals surface area contributed by atoms with Crippen LogP contribution in [0.5, 0.6) is 0 Å². The normalized spacial score (nSPS) is 15.9. The Kier molecular flexibility index (Phi) is 5.56. The van der Waals surface area contributed by atoms with Crippen molar-refractivity contribution in [2.45, 2.75) is 6.17 Å². The Bertz CT molecular complexity index is 1940. The van der Waals surface area contributed by atoms with E-state index in [1.807, 2.05) is 0 Å². The Labute approximate surface area is 240 Å². The lowest BCUT2D eigenvalue weighted by molar-refractivity contribution is 0.443. The molecule has 0 aliphatic carbocycles. The molecule has 2 aliphatic heterocycles. The summed E-state index contributed by atoms with van der Waals surface area (Å²) >= 11 is 0. The number of benzene rings is 6. The standard InChI is InChI=1S/C39H28N2/c1-3-13-27(14-4-1)36-31-17-7-9-19-33(31)37(34-20-10-8-18-32(34)36)28-22-24-29(25-23-28)38-39(30-15-5-2-6-16-30)41-26-12-11-21-35(41)40-38/h1-26,35,40H. The van der Waals surface area contributed by atoms with Gasteiger partial charge in [0.05, 0.1) is 11.4 Å². The highest BCUT2D eigenvalue weighted by molar-refractivity contribution is 6.21. The van der Waals surface area contributed by atoms with E-state index < -0.39 is 0 Å². The number of rotatable bonds is 4. The number of nitrogens with one attached hydrogen (secondary N) is 1. The first-order valence-corrected chi connectivity index (χ1v) is 14.2. The van der Waals surface area contributed by atoms with E-state index in [0.717, 1.165) is 5.70 Å². The number of nitrogens with zero attached hydrogens (tertiary/aromatic N) is 1. The van der Waals surface area contributed by atoms with Crippen LogP contribution in [0.2, 0.25) is 0 Å². The molecule has 194 valence electrons. The molecule has 1 unspecified atom stereocenters. The highest BCUT2D eigenvalue weighted by Gasteiger charge is 2.31. The van der Waals surface area contributed by atoms with Gasteiger partial charge in [0.1, 0.15) is 6.17 Å². The first-order valence-electron chi connectivity index (χ1n) is 14.2. The van der Waals surface area contributed by atoms with Crippen molar-refractivity contribution in [1.29, 1.82) is 0 Å². The molecule has 2 nitrogen and oxygen atoms in total. The molecule has 2 aliphatic rings. The number of fused-ring (bicyclic) bond motifs is 3. The van der Waals surface area contributed by atoms with Crippen LogP contribution in [0.15, 0.2) is 158 Å². The molecule has 41 heavy (non-hydrogen) atoms. The molecule has 0 radical (unpaired) electrons. The largest absolute Gasteiger partial charge is 0.359 e. The van der Waals surface area contributed by atoms with E-state index >= 15 is 0 Å². The summed E-state index contributed by atoms with van der Waals surface area (Å²) in [6.45, 7) is 0. The molecule has 2 heteroatoms. The van der Waals surface area contributed by atoms with Gasteiger partial charge in [-0.1, -0.05) is 140 Å². The summed E-state index contributed by atoms with van der Waals surface area (Å²) in [6, 6.07) is 48.2. The molecule has 8 rings (SSSR count). The van der Waals surface area contributed by atoms with Gasteiger partial charge in [-0.3, -0.25) is 0 Å². The average molecular weight is 525 g/mol. The van der Waals surface area contributed by atoms with Crippen LogP contribution < -0.4 is 5.32 Å². The molecule has 0 saturated heterocycles. The van der Waals surface area contributed by atoms with Gasteiger partial charge in [-0.05, 0) is 61.5 Å². The molecule has 1 atom stereocenters. The molecule has 0 spiro atoms. The monoisotopic (exact) mass is 524 g/mol. The summed E-state index contributed by atoms with van der Waals surface area (Å²) in [5, 5.41) is 8.87. The van der Waals surface area contributed by atoms with Crippen LogP contribution in [-0.2, 0) is 0 Å². The summed E-state index contributed by atoms with van der Waals surface area (Å²) in [4.78, 5) is 2.32. The molecule has 0 saturated carbocycles. The summed E-state index contributed by atoms with van der Waals surface area (Å²) in [6.07, 6.45) is 8.69. The number of hydrogen-bond acceptors (Lipinski definition) is 2. The van der Waals surface area contributed by atoms with Crippen molar-refractivity contribution in [3.63, 3.8) is 0 Å². The van der Waals surface area contributed by atoms with Gasteiger partial charge in [0, 0.05) is 11.8 Å². The summed E-state index contributed by atoms with van der Waals surface area (Å²) in [7, 11) is 0. The maximum atomic E-state index is 3.77. The van der Waals surface area contributed by atoms with Gasteiger partial charge in [-0.15, -0.1) is 0 Å². The SMILES string of the molecule is C1=CC2NC(c3ccc(-c4c5ccccc5c(-c5ccccc5)c5ccccc45)cc3)=C(c3ccccc3)N2C=C1. The van der Waals surface area contributed by atoms with E-state index in [2.05, 4.69) is 168 Å². The van der Waals surface area contributed by atoms with E-state index in [1.54, 1.807) is 0 Å².